The van der Waals surface area contributed by atoms with Gasteiger partial charge in [0.15, 0.2) is 0 Å². The first-order valence-corrected chi connectivity index (χ1v) is 9.02. The van der Waals surface area contributed by atoms with Gasteiger partial charge in [-0.2, -0.15) is 0 Å². The van der Waals surface area contributed by atoms with Crippen molar-refractivity contribution in [2.45, 2.75) is 43.9 Å². The Labute approximate surface area is 142 Å². The van der Waals surface area contributed by atoms with Crippen LogP contribution in [0, 0.1) is 13.8 Å². The summed E-state index contributed by atoms with van der Waals surface area (Å²) in [6.45, 7) is 7.80. The third-order valence-corrected chi connectivity index (χ3v) is 5.69. The summed E-state index contributed by atoms with van der Waals surface area (Å²) in [4.78, 5) is 16.0. The molecule has 0 bridgehead atoms. The molecule has 0 aromatic heterocycles. The zero-order valence-corrected chi connectivity index (χ0v) is 14.8. The van der Waals surface area contributed by atoms with E-state index in [-0.39, 0.29) is 11.2 Å². The van der Waals surface area contributed by atoms with Crippen LogP contribution in [0.4, 0.5) is 0 Å². The first kappa shape index (κ1) is 16.1. The average molecular weight is 325 g/mol. The van der Waals surface area contributed by atoms with Crippen LogP contribution >= 0.6 is 11.8 Å². The highest BCUT2D eigenvalue weighted by atomic mass is 32.2. The second-order valence-electron chi connectivity index (χ2n) is 6.31. The molecule has 120 valence electrons. The number of carbonyl (C=O) groups excluding carboxylic acids is 1. The Bertz CT molecular complexity index is 725. The van der Waals surface area contributed by atoms with E-state index in [1.165, 1.54) is 27.1 Å². The third kappa shape index (κ3) is 3.61. The second-order valence-corrected chi connectivity index (χ2v) is 7.69. The highest BCUT2D eigenvalue weighted by Crippen LogP contribution is 2.29. The van der Waals surface area contributed by atoms with Gasteiger partial charge in [-0.15, -0.1) is 11.8 Å². The van der Waals surface area contributed by atoms with Gasteiger partial charge < -0.3 is 4.90 Å². The van der Waals surface area contributed by atoms with Crippen molar-refractivity contribution in [3.05, 3.63) is 64.7 Å². The van der Waals surface area contributed by atoms with Crippen molar-refractivity contribution in [1.82, 2.24) is 4.90 Å². The SMILES string of the molecule is Cc1ccc(S[C@H](C)C(=O)N2CCc3ccccc3C2)c(C)c1. The third-order valence-electron chi connectivity index (χ3n) is 4.42. The van der Waals surface area contributed by atoms with Gasteiger partial charge in [0.2, 0.25) is 5.91 Å². The fourth-order valence-corrected chi connectivity index (χ4v) is 4.14. The molecule has 0 fully saturated rings. The molecule has 0 saturated heterocycles. The summed E-state index contributed by atoms with van der Waals surface area (Å²) < 4.78 is 0. The molecule has 2 aromatic carbocycles. The van der Waals surface area contributed by atoms with Gasteiger partial charge in [-0.05, 0) is 49.9 Å². The molecule has 1 aliphatic rings. The molecule has 2 nitrogen and oxygen atoms in total. The Balaban J connectivity index is 1.68. The lowest BCUT2D eigenvalue weighted by atomic mass is 10.00. The van der Waals surface area contributed by atoms with Gasteiger partial charge in [-0.3, -0.25) is 4.79 Å². The molecule has 3 heteroatoms. The summed E-state index contributed by atoms with van der Waals surface area (Å²) in [6, 6.07) is 14.9. The van der Waals surface area contributed by atoms with Crippen molar-refractivity contribution in [2.75, 3.05) is 6.54 Å². The molecule has 3 rings (SSSR count). The Kier molecular flexibility index (Phi) is 4.76. The summed E-state index contributed by atoms with van der Waals surface area (Å²) in [6.07, 6.45) is 0.961. The number of carbonyl (C=O) groups is 1. The minimum absolute atomic E-state index is 0.0540. The maximum Gasteiger partial charge on any atom is 0.236 e. The number of fused-ring (bicyclic) bond motifs is 1. The van der Waals surface area contributed by atoms with E-state index in [0.29, 0.717) is 0 Å². The molecule has 1 aliphatic heterocycles. The number of hydrogen-bond donors (Lipinski definition) is 0. The average Bonchev–Trinajstić information content (AvgIpc) is 2.56. The topological polar surface area (TPSA) is 20.3 Å². The normalized spacial score (nSPS) is 15.2. The monoisotopic (exact) mass is 325 g/mol. The zero-order chi connectivity index (χ0) is 16.4. The number of aryl methyl sites for hydroxylation is 2. The molecule has 0 radical (unpaired) electrons. The van der Waals surface area contributed by atoms with Gasteiger partial charge in [0.05, 0.1) is 5.25 Å². The Morgan fingerprint density at radius 3 is 2.61 bits per heavy atom. The van der Waals surface area contributed by atoms with Gasteiger partial charge in [0.25, 0.3) is 0 Å². The maximum absolute atomic E-state index is 12.8. The van der Waals surface area contributed by atoms with E-state index in [9.17, 15) is 4.79 Å². The van der Waals surface area contributed by atoms with E-state index in [4.69, 9.17) is 0 Å². The number of rotatable bonds is 3. The first-order chi connectivity index (χ1) is 11.0. The molecule has 0 N–H and O–H groups in total. The number of thioether (sulfide) groups is 1. The minimum atomic E-state index is -0.0540. The van der Waals surface area contributed by atoms with Gasteiger partial charge >= 0.3 is 0 Å². The van der Waals surface area contributed by atoms with E-state index in [2.05, 4.69) is 56.3 Å². The Hall–Kier alpha value is -1.74. The molecule has 1 atom stereocenters. The van der Waals surface area contributed by atoms with Crippen LogP contribution in [0.3, 0.4) is 0 Å². The van der Waals surface area contributed by atoms with E-state index >= 15 is 0 Å². The van der Waals surface area contributed by atoms with Crippen molar-refractivity contribution in [2.24, 2.45) is 0 Å². The van der Waals surface area contributed by atoms with E-state index in [0.717, 1.165) is 19.5 Å². The number of nitrogens with zero attached hydrogens (tertiary/aromatic N) is 1. The largest absolute Gasteiger partial charge is 0.337 e. The van der Waals surface area contributed by atoms with Gasteiger partial charge in [0, 0.05) is 18.0 Å². The van der Waals surface area contributed by atoms with Crippen LogP contribution in [-0.2, 0) is 17.8 Å². The first-order valence-electron chi connectivity index (χ1n) is 8.14. The fraction of sp³-hybridized carbons (Fsp3) is 0.350. The van der Waals surface area contributed by atoms with Crippen LogP contribution in [-0.4, -0.2) is 22.6 Å². The summed E-state index contributed by atoms with van der Waals surface area (Å²) in [7, 11) is 0. The molecule has 1 heterocycles. The molecular weight excluding hydrogens is 302 g/mol. The van der Waals surface area contributed by atoms with Crippen LogP contribution in [0.25, 0.3) is 0 Å². The van der Waals surface area contributed by atoms with Crippen LogP contribution < -0.4 is 0 Å². The van der Waals surface area contributed by atoms with Crippen LogP contribution in [0.5, 0.6) is 0 Å². The number of hydrogen-bond acceptors (Lipinski definition) is 2. The molecular formula is C20H23NOS. The highest BCUT2D eigenvalue weighted by molar-refractivity contribution is 8.00. The standard InChI is InChI=1S/C20H23NOS/c1-14-8-9-19(15(2)12-14)23-16(3)20(22)21-11-10-17-6-4-5-7-18(17)13-21/h4-9,12,16H,10-11,13H2,1-3H3/t16-/m1/s1. The summed E-state index contributed by atoms with van der Waals surface area (Å²) in [5, 5.41) is -0.0540. The van der Waals surface area contributed by atoms with Gasteiger partial charge in [0.1, 0.15) is 0 Å². The van der Waals surface area contributed by atoms with Crippen LogP contribution in [0.2, 0.25) is 0 Å². The lowest BCUT2D eigenvalue weighted by Gasteiger charge is -2.31. The van der Waals surface area contributed by atoms with Crippen molar-refractivity contribution < 1.29 is 4.79 Å². The summed E-state index contributed by atoms with van der Waals surface area (Å²) in [5.41, 5.74) is 5.18. The predicted octanol–water partition coefficient (Wildman–Crippen LogP) is 4.37. The smallest absolute Gasteiger partial charge is 0.236 e. The summed E-state index contributed by atoms with van der Waals surface area (Å²) in [5.74, 6) is 0.240. The molecule has 0 spiro atoms. The Morgan fingerprint density at radius 1 is 1.13 bits per heavy atom. The Morgan fingerprint density at radius 2 is 1.87 bits per heavy atom. The van der Waals surface area contributed by atoms with E-state index in [1.807, 2.05) is 11.8 Å². The zero-order valence-electron chi connectivity index (χ0n) is 14.0. The lowest BCUT2D eigenvalue weighted by Crippen LogP contribution is -2.40. The number of amides is 1. The molecule has 0 saturated carbocycles. The minimum Gasteiger partial charge on any atom is -0.337 e. The van der Waals surface area contributed by atoms with Crippen molar-refractivity contribution in [3.8, 4) is 0 Å². The van der Waals surface area contributed by atoms with E-state index < -0.39 is 0 Å². The lowest BCUT2D eigenvalue weighted by molar-refractivity contribution is -0.131. The second kappa shape index (κ2) is 6.79. The van der Waals surface area contributed by atoms with Crippen molar-refractivity contribution >= 4 is 17.7 Å². The highest BCUT2D eigenvalue weighted by Gasteiger charge is 2.25. The molecule has 1 amide bonds. The molecule has 0 unspecified atom stereocenters. The maximum atomic E-state index is 12.8. The van der Waals surface area contributed by atoms with Gasteiger partial charge in [-0.25, -0.2) is 0 Å². The van der Waals surface area contributed by atoms with E-state index in [1.54, 1.807) is 11.8 Å². The quantitative estimate of drug-likeness (QED) is 0.781. The van der Waals surface area contributed by atoms with Crippen molar-refractivity contribution in [3.63, 3.8) is 0 Å². The number of benzene rings is 2. The van der Waals surface area contributed by atoms with Gasteiger partial charge in [-0.1, -0.05) is 42.0 Å². The molecule has 2 aromatic rings. The fourth-order valence-electron chi connectivity index (χ4n) is 3.11. The summed E-state index contributed by atoms with van der Waals surface area (Å²) >= 11 is 1.67. The van der Waals surface area contributed by atoms with Crippen LogP contribution in [0.1, 0.15) is 29.2 Å². The van der Waals surface area contributed by atoms with Crippen LogP contribution in [0.15, 0.2) is 47.4 Å². The molecule has 23 heavy (non-hydrogen) atoms. The molecule has 0 aliphatic carbocycles. The van der Waals surface area contributed by atoms with Crippen molar-refractivity contribution in [1.29, 1.82) is 0 Å². The predicted molar refractivity (Wildman–Crippen MR) is 96.8 cm³/mol.